The lowest BCUT2D eigenvalue weighted by atomic mass is 10.2. The molecular formula is C13H13NO3. The van der Waals surface area contributed by atoms with E-state index in [9.17, 15) is 9.90 Å². The molecule has 0 atom stereocenters. The smallest absolute Gasteiger partial charge is 0.341 e. The second-order valence-corrected chi connectivity index (χ2v) is 4.21. The number of carboxylic acids is 1. The molecule has 2 aromatic rings. The van der Waals surface area contributed by atoms with Crippen molar-refractivity contribution in [1.82, 2.24) is 4.57 Å². The van der Waals surface area contributed by atoms with E-state index in [-0.39, 0.29) is 0 Å². The number of aromatic carboxylic acids is 1. The third kappa shape index (κ3) is 1.48. The number of carboxylic acid groups (broad SMARTS) is 1. The topological polar surface area (TPSA) is 51.5 Å². The molecule has 0 fully saturated rings. The fourth-order valence-corrected chi connectivity index (χ4v) is 2.40. The lowest BCUT2D eigenvalue weighted by Crippen LogP contribution is -2.03. The Bertz CT molecular complexity index is 586. The Labute approximate surface area is 98.4 Å². The van der Waals surface area contributed by atoms with Crippen LogP contribution in [-0.4, -0.2) is 22.2 Å². The van der Waals surface area contributed by atoms with E-state index in [0.29, 0.717) is 18.1 Å². The second-order valence-electron chi connectivity index (χ2n) is 4.21. The van der Waals surface area contributed by atoms with Crippen molar-refractivity contribution in [2.24, 2.45) is 0 Å². The zero-order chi connectivity index (χ0) is 11.8. The largest absolute Gasteiger partial charge is 0.478 e. The maximum Gasteiger partial charge on any atom is 0.341 e. The molecule has 1 aromatic carbocycles. The molecule has 0 spiro atoms. The molecule has 4 nitrogen and oxygen atoms in total. The van der Waals surface area contributed by atoms with Crippen molar-refractivity contribution in [2.45, 2.75) is 19.4 Å². The average molecular weight is 231 g/mol. The summed E-state index contributed by atoms with van der Waals surface area (Å²) in [4.78, 5) is 11.4. The van der Waals surface area contributed by atoms with Gasteiger partial charge in [-0.1, -0.05) is 18.2 Å². The normalized spacial score (nSPS) is 15.1. The molecule has 1 aliphatic rings. The Kier molecular flexibility index (Phi) is 2.28. The Balaban J connectivity index is 2.36. The number of rotatable bonds is 1. The fourth-order valence-electron chi connectivity index (χ4n) is 2.40. The summed E-state index contributed by atoms with van der Waals surface area (Å²) < 4.78 is 7.59. The van der Waals surface area contributed by atoms with Gasteiger partial charge in [-0.15, -0.1) is 0 Å². The van der Waals surface area contributed by atoms with Gasteiger partial charge in [-0.3, -0.25) is 0 Å². The number of fused-ring (bicyclic) bond motifs is 3. The van der Waals surface area contributed by atoms with Crippen LogP contribution in [0.15, 0.2) is 24.3 Å². The first-order chi connectivity index (χ1) is 8.29. The zero-order valence-electron chi connectivity index (χ0n) is 9.35. The van der Waals surface area contributed by atoms with Crippen LogP contribution in [0.3, 0.4) is 0 Å². The lowest BCUT2D eigenvalue weighted by molar-refractivity contribution is 0.0694. The number of para-hydroxylation sites is 1. The minimum Gasteiger partial charge on any atom is -0.478 e. The van der Waals surface area contributed by atoms with E-state index in [1.807, 2.05) is 28.8 Å². The Hall–Kier alpha value is -1.97. The summed E-state index contributed by atoms with van der Waals surface area (Å²) in [6.07, 6.45) is 1.99. The number of hydrogen-bond donors (Lipinski definition) is 1. The maximum absolute atomic E-state index is 11.4. The van der Waals surface area contributed by atoms with E-state index in [1.54, 1.807) is 0 Å². The summed E-state index contributed by atoms with van der Waals surface area (Å²) in [6.45, 7) is 1.42. The van der Waals surface area contributed by atoms with E-state index in [0.717, 1.165) is 30.3 Å². The minimum atomic E-state index is -0.920. The summed E-state index contributed by atoms with van der Waals surface area (Å²) >= 11 is 0. The number of aromatic nitrogens is 1. The van der Waals surface area contributed by atoms with Crippen molar-refractivity contribution < 1.29 is 14.6 Å². The SMILES string of the molecule is O=C(O)c1c2n(c3ccccc13)CCCCO2. The first-order valence-corrected chi connectivity index (χ1v) is 5.76. The molecule has 1 aliphatic heterocycles. The molecule has 0 unspecified atom stereocenters. The quantitative estimate of drug-likeness (QED) is 0.820. The monoisotopic (exact) mass is 231 g/mol. The first-order valence-electron chi connectivity index (χ1n) is 5.76. The number of hydrogen-bond acceptors (Lipinski definition) is 2. The number of benzene rings is 1. The van der Waals surface area contributed by atoms with Gasteiger partial charge in [0.2, 0.25) is 5.88 Å². The molecule has 0 saturated heterocycles. The van der Waals surface area contributed by atoms with Crippen molar-refractivity contribution in [3.05, 3.63) is 29.8 Å². The summed E-state index contributed by atoms with van der Waals surface area (Å²) in [6, 6.07) is 7.56. The number of nitrogens with zero attached hydrogens (tertiary/aromatic N) is 1. The highest BCUT2D eigenvalue weighted by Gasteiger charge is 2.24. The molecule has 3 rings (SSSR count). The van der Waals surface area contributed by atoms with E-state index in [1.165, 1.54) is 0 Å². The highest BCUT2D eigenvalue weighted by atomic mass is 16.5. The van der Waals surface area contributed by atoms with Gasteiger partial charge in [0, 0.05) is 11.9 Å². The van der Waals surface area contributed by atoms with Gasteiger partial charge < -0.3 is 14.4 Å². The lowest BCUT2D eigenvalue weighted by Gasteiger charge is -2.06. The summed E-state index contributed by atoms with van der Waals surface area (Å²) in [5.74, 6) is -0.409. The van der Waals surface area contributed by atoms with E-state index >= 15 is 0 Å². The minimum absolute atomic E-state index is 0.294. The summed E-state index contributed by atoms with van der Waals surface area (Å²) in [5, 5.41) is 10.1. The third-order valence-corrected chi connectivity index (χ3v) is 3.15. The predicted octanol–water partition coefficient (Wildman–Crippen LogP) is 2.51. The fraction of sp³-hybridized carbons (Fsp3) is 0.308. The molecule has 0 radical (unpaired) electrons. The molecule has 17 heavy (non-hydrogen) atoms. The summed E-state index contributed by atoms with van der Waals surface area (Å²) in [7, 11) is 0. The molecule has 1 aromatic heterocycles. The second kappa shape index (κ2) is 3.80. The number of carbonyl (C=O) groups is 1. The Morgan fingerprint density at radius 2 is 2.12 bits per heavy atom. The van der Waals surface area contributed by atoms with Crippen LogP contribution in [0.25, 0.3) is 10.9 Å². The maximum atomic E-state index is 11.4. The zero-order valence-corrected chi connectivity index (χ0v) is 9.35. The number of aryl methyl sites for hydroxylation is 1. The van der Waals surface area contributed by atoms with Gasteiger partial charge in [-0.05, 0) is 18.9 Å². The molecule has 1 N–H and O–H groups in total. The first kappa shape index (κ1) is 10.2. The van der Waals surface area contributed by atoms with Crippen molar-refractivity contribution in [2.75, 3.05) is 6.61 Å². The van der Waals surface area contributed by atoms with Crippen LogP contribution in [-0.2, 0) is 6.54 Å². The van der Waals surface area contributed by atoms with Crippen molar-refractivity contribution in [3.63, 3.8) is 0 Å². The average Bonchev–Trinajstić information content (AvgIpc) is 2.48. The number of ether oxygens (including phenoxy) is 1. The molecule has 0 amide bonds. The van der Waals surface area contributed by atoms with Crippen LogP contribution in [0, 0.1) is 0 Å². The molecule has 0 saturated carbocycles. The van der Waals surface area contributed by atoms with E-state index in [2.05, 4.69) is 0 Å². The van der Waals surface area contributed by atoms with Crippen LogP contribution in [0.2, 0.25) is 0 Å². The Morgan fingerprint density at radius 1 is 1.29 bits per heavy atom. The molecule has 0 bridgehead atoms. The van der Waals surface area contributed by atoms with E-state index < -0.39 is 5.97 Å². The van der Waals surface area contributed by atoms with Gasteiger partial charge in [0.25, 0.3) is 0 Å². The summed E-state index contributed by atoms with van der Waals surface area (Å²) in [5.41, 5.74) is 1.24. The van der Waals surface area contributed by atoms with E-state index in [4.69, 9.17) is 4.74 Å². The third-order valence-electron chi connectivity index (χ3n) is 3.15. The highest BCUT2D eigenvalue weighted by Crippen LogP contribution is 2.33. The van der Waals surface area contributed by atoms with Crippen LogP contribution < -0.4 is 4.74 Å². The molecular weight excluding hydrogens is 218 g/mol. The van der Waals surface area contributed by atoms with Crippen LogP contribution >= 0.6 is 0 Å². The van der Waals surface area contributed by atoms with Crippen molar-refractivity contribution >= 4 is 16.9 Å². The predicted molar refractivity (Wildman–Crippen MR) is 63.6 cm³/mol. The van der Waals surface area contributed by atoms with Crippen molar-refractivity contribution in [3.8, 4) is 5.88 Å². The van der Waals surface area contributed by atoms with Crippen LogP contribution in [0.4, 0.5) is 0 Å². The Morgan fingerprint density at radius 3 is 2.94 bits per heavy atom. The van der Waals surface area contributed by atoms with Gasteiger partial charge in [0.1, 0.15) is 5.56 Å². The van der Waals surface area contributed by atoms with Gasteiger partial charge >= 0.3 is 5.97 Å². The molecule has 2 heterocycles. The van der Waals surface area contributed by atoms with Gasteiger partial charge in [0.05, 0.1) is 12.1 Å². The molecule has 0 aliphatic carbocycles. The van der Waals surface area contributed by atoms with Gasteiger partial charge in [0.15, 0.2) is 0 Å². The van der Waals surface area contributed by atoms with Crippen LogP contribution in [0.5, 0.6) is 5.88 Å². The van der Waals surface area contributed by atoms with Gasteiger partial charge in [-0.25, -0.2) is 4.79 Å². The van der Waals surface area contributed by atoms with Crippen molar-refractivity contribution in [1.29, 1.82) is 0 Å². The molecule has 88 valence electrons. The standard InChI is InChI=1S/C13H13NO3/c15-13(16)11-9-5-1-2-6-10(9)14-7-3-4-8-17-12(11)14/h1-2,5-6H,3-4,7-8H2,(H,15,16). The highest BCUT2D eigenvalue weighted by molar-refractivity contribution is 6.06. The van der Waals surface area contributed by atoms with Gasteiger partial charge in [-0.2, -0.15) is 0 Å². The molecule has 4 heteroatoms. The van der Waals surface area contributed by atoms with Crippen LogP contribution in [0.1, 0.15) is 23.2 Å².